The van der Waals surface area contributed by atoms with Crippen LogP contribution >= 0.6 is 12.4 Å². The molecule has 1 fully saturated rings. The van der Waals surface area contributed by atoms with Crippen molar-refractivity contribution in [3.63, 3.8) is 0 Å². The van der Waals surface area contributed by atoms with Crippen LogP contribution in [0.25, 0.3) is 0 Å². The van der Waals surface area contributed by atoms with Crippen LogP contribution in [0.4, 0.5) is 4.79 Å². The molecule has 106 valence electrons. The average molecular weight is 287 g/mol. The number of aliphatic hydroxyl groups excluding tert-OH is 1. The van der Waals surface area contributed by atoms with Gasteiger partial charge in [-0.25, -0.2) is 4.79 Å². The lowest BCUT2D eigenvalue weighted by Gasteiger charge is -2.12. The van der Waals surface area contributed by atoms with Crippen LogP contribution in [-0.4, -0.2) is 36.4 Å². The molecule has 2 atom stereocenters. The van der Waals surface area contributed by atoms with Gasteiger partial charge in [0, 0.05) is 18.6 Å². The Morgan fingerprint density at radius 3 is 2.79 bits per heavy atom. The van der Waals surface area contributed by atoms with Gasteiger partial charge in [0.2, 0.25) is 0 Å². The van der Waals surface area contributed by atoms with Crippen molar-refractivity contribution in [1.82, 2.24) is 10.6 Å². The predicted octanol–water partition coefficient (Wildman–Crippen LogP) is 1.06. The van der Waals surface area contributed by atoms with Gasteiger partial charge >= 0.3 is 6.09 Å². The average Bonchev–Trinajstić information content (AvgIpc) is 2.85. The Morgan fingerprint density at radius 2 is 2.16 bits per heavy atom. The van der Waals surface area contributed by atoms with Gasteiger partial charge in [-0.2, -0.15) is 0 Å². The van der Waals surface area contributed by atoms with E-state index < -0.39 is 6.09 Å². The van der Waals surface area contributed by atoms with Crippen LogP contribution in [0.5, 0.6) is 0 Å². The van der Waals surface area contributed by atoms with Gasteiger partial charge in [-0.15, -0.1) is 12.4 Å². The van der Waals surface area contributed by atoms with Gasteiger partial charge in [0.25, 0.3) is 0 Å². The van der Waals surface area contributed by atoms with E-state index in [0.29, 0.717) is 6.54 Å². The number of carbonyl (C=O) groups excluding carboxylic acids is 1. The van der Waals surface area contributed by atoms with Crippen molar-refractivity contribution in [3.05, 3.63) is 35.9 Å². The fraction of sp³-hybridized carbons (Fsp3) is 0.462. The van der Waals surface area contributed by atoms with E-state index in [1.165, 1.54) is 0 Å². The van der Waals surface area contributed by atoms with E-state index in [2.05, 4.69) is 10.6 Å². The highest BCUT2D eigenvalue weighted by Crippen LogP contribution is 2.06. The minimum absolute atomic E-state index is 0. The molecule has 1 aromatic carbocycles. The van der Waals surface area contributed by atoms with Crippen molar-refractivity contribution >= 4 is 18.5 Å². The van der Waals surface area contributed by atoms with Gasteiger partial charge in [-0.05, 0) is 12.0 Å². The van der Waals surface area contributed by atoms with Crippen LogP contribution in [0, 0.1) is 0 Å². The van der Waals surface area contributed by atoms with Gasteiger partial charge in [0.1, 0.15) is 6.61 Å². The molecule has 0 saturated carbocycles. The molecule has 1 aliphatic rings. The van der Waals surface area contributed by atoms with Crippen LogP contribution in [0.2, 0.25) is 0 Å². The van der Waals surface area contributed by atoms with Crippen molar-refractivity contribution < 1.29 is 14.6 Å². The minimum Gasteiger partial charge on any atom is -0.445 e. The summed E-state index contributed by atoms with van der Waals surface area (Å²) in [5.74, 6) is 0. The monoisotopic (exact) mass is 286 g/mol. The quantitative estimate of drug-likeness (QED) is 0.774. The summed E-state index contributed by atoms with van der Waals surface area (Å²) in [5, 5.41) is 14.9. The molecule has 6 heteroatoms. The van der Waals surface area contributed by atoms with Crippen LogP contribution < -0.4 is 10.6 Å². The number of alkyl carbamates (subject to hydrolysis) is 1. The van der Waals surface area contributed by atoms with Crippen LogP contribution in [0.1, 0.15) is 12.0 Å². The van der Waals surface area contributed by atoms with E-state index >= 15 is 0 Å². The molecule has 0 radical (unpaired) electrons. The molecular weight excluding hydrogens is 268 g/mol. The fourth-order valence-corrected chi connectivity index (χ4v) is 2.00. The number of halogens is 1. The van der Waals surface area contributed by atoms with Gasteiger partial charge in [0.05, 0.1) is 6.61 Å². The SMILES string of the molecule is Cl.O=C(NC1CNC(CO)C1)OCc1ccccc1. The number of nitrogens with one attached hydrogen (secondary N) is 2. The summed E-state index contributed by atoms with van der Waals surface area (Å²) in [6, 6.07) is 9.66. The van der Waals surface area contributed by atoms with E-state index in [-0.39, 0.29) is 37.7 Å². The summed E-state index contributed by atoms with van der Waals surface area (Å²) >= 11 is 0. The Balaban J connectivity index is 0.00000180. The molecule has 1 amide bonds. The Bertz CT molecular complexity index is 389. The molecule has 3 N–H and O–H groups in total. The molecule has 1 aromatic rings. The van der Waals surface area contributed by atoms with Crippen molar-refractivity contribution in [2.24, 2.45) is 0 Å². The molecule has 0 spiro atoms. The van der Waals surface area contributed by atoms with E-state index in [0.717, 1.165) is 12.0 Å². The van der Waals surface area contributed by atoms with Crippen LogP contribution in [-0.2, 0) is 11.3 Å². The van der Waals surface area contributed by atoms with E-state index in [9.17, 15) is 4.79 Å². The lowest BCUT2D eigenvalue weighted by molar-refractivity contribution is 0.136. The molecule has 0 aromatic heterocycles. The van der Waals surface area contributed by atoms with Crippen molar-refractivity contribution in [3.8, 4) is 0 Å². The summed E-state index contributed by atoms with van der Waals surface area (Å²) in [6.45, 7) is 1.04. The van der Waals surface area contributed by atoms with E-state index in [4.69, 9.17) is 9.84 Å². The standard InChI is InChI=1S/C13H18N2O3.ClH/c16-8-12-6-11(7-14-12)15-13(17)18-9-10-4-2-1-3-5-10;/h1-5,11-12,14,16H,6-9H2,(H,15,17);1H. The first-order valence-electron chi connectivity index (χ1n) is 6.09. The Morgan fingerprint density at radius 1 is 1.42 bits per heavy atom. The molecule has 1 saturated heterocycles. The van der Waals surface area contributed by atoms with E-state index in [1.807, 2.05) is 30.3 Å². The topological polar surface area (TPSA) is 70.6 Å². The third-order valence-electron chi connectivity index (χ3n) is 2.98. The normalized spacial score (nSPS) is 21.5. The molecule has 2 unspecified atom stereocenters. The first-order valence-corrected chi connectivity index (χ1v) is 6.09. The maximum absolute atomic E-state index is 11.5. The first kappa shape index (κ1) is 15.8. The highest BCUT2D eigenvalue weighted by Gasteiger charge is 2.24. The second-order valence-corrected chi connectivity index (χ2v) is 4.43. The molecular formula is C13H19ClN2O3. The molecule has 0 aliphatic carbocycles. The smallest absolute Gasteiger partial charge is 0.407 e. The molecule has 19 heavy (non-hydrogen) atoms. The van der Waals surface area contributed by atoms with Crippen LogP contribution in [0.3, 0.4) is 0 Å². The van der Waals surface area contributed by atoms with Crippen molar-refractivity contribution in [2.75, 3.05) is 13.2 Å². The Labute approximate surface area is 118 Å². The number of carbonyl (C=O) groups is 1. The second kappa shape index (κ2) is 7.99. The molecule has 1 aliphatic heterocycles. The third kappa shape index (κ3) is 5.06. The predicted molar refractivity (Wildman–Crippen MR) is 74.3 cm³/mol. The minimum atomic E-state index is -0.413. The maximum atomic E-state index is 11.5. The summed E-state index contributed by atoms with van der Waals surface area (Å²) in [6.07, 6.45) is 0.320. The Hall–Kier alpha value is -1.30. The number of hydrogen-bond donors (Lipinski definition) is 3. The highest BCUT2D eigenvalue weighted by atomic mass is 35.5. The first-order chi connectivity index (χ1) is 8.78. The third-order valence-corrected chi connectivity index (χ3v) is 2.98. The number of aliphatic hydroxyl groups is 1. The Kier molecular flexibility index (Phi) is 6.62. The molecule has 0 bridgehead atoms. The van der Waals surface area contributed by atoms with Gasteiger partial charge in [-0.1, -0.05) is 30.3 Å². The van der Waals surface area contributed by atoms with Crippen molar-refractivity contribution in [1.29, 1.82) is 0 Å². The fourth-order valence-electron chi connectivity index (χ4n) is 2.00. The zero-order chi connectivity index (χ0) is 12.8. The summed E-state index contributed by atoms with van der Waals surface area (Å²) in [7, 11) is 0. The van der Waals surface area contributed by atoms with Crippen LogP contribution in [0.15, 0.2) is 30.3 Å². The highest BCUT2D eigenvalue weighted by molar-refractivity contribution is 5.85. The summed E-state index contributed by atoms with van der Waals surface area (Å²) in [5.41, 5.74) is 0.963. The lowest BCUT2D eigenvalue weighted by Crippen LogP contribution is -2.36. The number of rotatable bonds is 4. The van der Waals surface area contributed by atoms with Gasteiger partial charge in [0.15, 0.2) is 0 Å². The van der Waals surface area contributed by atoms with E-state index in [1.54, 1.807) is 0 Å². The number of benzene rings is 1. The molecule has 5 nitrogen and oxygen atoms in total. The molecule has 2 rings (SSSR count). The largest absolute Gasteiger partial charge is 0.445 e. The van der Waals surface area contributed by atoms with Crippen molar-refractivity contribution in [2.45, 2.75) is 25.1 Å². The van der Waals surface area contributed by atoms with Gasteiger partial charge < -0.3 is 20.5 Å². The number of amides is 1. The number of ether oxygens (including phenoxy) is 1. The second-order valence-electron chi connectivity index (χ2n) is 4.43. The maximum Gasteiger partial charge on any atom is 0.407 e. The van der Waals surface area contributed by atoms with Gasteiger partial charge in [-0.3, -0.25) is 0 Å². The molecule has 1 heterocycles. The zero-order valence-corrected chi connectivity index (χ0v) is 11.4. The summed E-state index contributed by atoms with van der Waals surface area (Å²) in [4.78, 5) is 11.5. The lowest BCUT2D eigenvalue weighted by atomic mass is 10.2. The number of hydrogen-bond acceptors (Lipinski definition) is 4. The summed E-state index contributed by atoms with van der Waals surface area (Å²) < 4.78 is 5.12. The zero-order valence-electron chi connectivity index (χ0n) is 10.5.